The summed E-state index contributed by atoms with van der Waals surface area (Å²) < 4.78 is 9.33. The van der Waals surface area contributed by atoms with Crippen LogP contribution >= 0.6 is 11.3 Å². The second-order valence-corrected chi connectivity index (χ2v) is 12.2. The summed E-state index contributed by atoms with van der Waals surface area (Å²) in [6.45, 7) is 3.99. The van der Waals surface area contributed by atoms with E-state index in [1.165, 1.54) is 4.70 Å². The zero-order valence-corrected chi connectivity index (χ0v) is 23.8. The third-order valence-corrected chi connectivity index (χ3v) is 9.44. The molecule has 1 saturated carbocycles. The largest absolute Gasteiger partial charge is 0.493 e. The number of nitrogens with zero attached hydrogens (tertiary/aromatic N) is 5. The van der Waals surface area contributed by atoms with Crippen molar-refractivity contribution in [3.8, 4) is 11.6 Å². The SMILES string of the molecule is Cc1c(C(CC(=O)O)c2cc(CN3Cc4nc(O)ccc4O[C@@H](C4CC4)C3)c3sccc3c2)ccc2c1nnn2C. The van der Waals surface area contributed by atoms with E-state index >= 15 is 0 Å². The molecule has 2 N–H and O–H groups in total. The number of hydrogen-bond acceptors (Lipinski definition) is 8. The van der Waals surface area contributed by atoms with Crippen LogP contribution in [0.5, 0.6) is 11.6 Å². The van der Waals surface area contributed by atoms with Gasteiger partial charge in [0.05, 0.1) is 11.9 Å². The van der Waals surface area contributed by atoms with E-state index < -0.39 is 5.97 Å². The highest BCUT2D eigenvalue weighted by Crippen LogP contribution is 2.40. The number of thiophene rings is 1. The minimum Gasteiger partial charge on any atom is -0.493 e. The molecule has 0 bridgehead atoms. The second-order valence-electron chi connectivity index (χ2n) is 11.3. The molecule has 41 heavy (non-hydrogen) atoms. The first-order chi connectivity index (χ1) is 19.8. The van der Waals surface area contributed by atoms with Gasteiger partial charge in [-0.1, -0.05) is 17.3 Å². The smallest absolute Gasteiger partial charge is 0.304 e. The van der Waals surface area contributed by atoms with E-state index in [0.717, 1.165) is 69.5 Å². The quantitative estimate of drug-likeness (QED) is 0.269. The van der Waals surface area contributed by atoms with E-state index in [9.17, 15) is 15.0 Å². The third-order valence-electron chi connectivity index (χ3n) is 8.44. The van der Waals surface area contributed by atoms with Crippen molar-refractivity contribution in [3.63, 3.8) is 0 Å². The van der Waals surface area contributed by atoms with Crippen LogP contribution in [0.15, 0.2) is 47.8 Å². The minimum absolute atomic E-state index is 0.00762. The Bertz CT molecular complexity index is 1790. The first-order valence-electron chi connectivity index (χ1n) is 13.9. The fourth-order valence-electron chi connectivity index (χ4n) is 6.21. The van der Waals surface area contributed by atoms with Gasteiger partial charge in [0, 0.05) is 43.4 Å². The maximum absolute atomic E-state index is 12.2. The molecule has 1 unspecified atom stereocenters. The van der Waals surface area contributed by atoms with Crippen molar-refractivity contribution in [2.75, 3.05) is 6.54 Å². The monoisotopic (exact) mass is 569 g/mol. The zero-order valence-electron chi connectivity index (χ0n) is 22.9. The Hall–Kier alpha value is -4.02. The Morgan fingerprint density at radius 3 is 2.85 bits per heavy atom. The van der Waals surface area contributed by atoms with Crippen molar-refractivity contribution >= 4 is 38.4 Å². The van der Waals surface area contributed by atoms with Crippen molar-refractivity contribution in [2.24, 2.45) is 13.0 Å². The molecular formula is C31H31N5O4S. The standard InChI is InChI=1S/C31H31N5O4S/c1-17-22(5-6-25-30(17)33-34-35(25)2)23(13-29(38)39)20-11-19-9-10-41-31(19)21(12-20)14-36-15-24-26(7-8-28(37)32-24)40-27(16-36)18-3-4-18/h5-12,18,23,27H,3-4,13-16H2,1-2H3,(H,32,37)(H,38,39)/t23?,27-/m1/s1. The summed E-state index contributed by atoms with van der Waals surface area (Å²) in [4.78, 5) is 18.9. The van der Waals surface area contributed by atoms with Gasteiger partial charge >= 0.3 is 5.97 Å². The lowest BCUT2D eigenvalue weighted by Gasteiger charge is -2.25. The van der Waals surface area contributed by atoms with E-state index in [-0.39, 0.29) is 24.3 Å². The predicted molar refractivity (Wildman–Crippen MR) is 156 cm³/mol. The number of aromatic nitrogens is 4. The van der Waals surface area contributed by atoms with Gasteiger partial charge in [-0.15, -0.1) is 16.4 Å². The van der Waals surface area contributed by atoms with Crippen LogP contribution in [0.3, 0.4) is 0 Å². The fraction of sp³-hybridized carbons (Fsp3) is 0.355. The first-order valence-corrected chi connectivity index (χ1v) is 14.8. The van der Waals surface area contributed by atoms with Crippen LogP contribution < -0.4 is 4.74 Å². The molecule has 2 aliphatic rings. The highest BCUT2D eigenvalue weighted by Gasteiger charge is 2.37. The summed E-state index contributed by atoms with van der Waals surface area (Å²) in [6.07, 6.45) is 2.37. The summed E-state index contributed by atoms with van der Waals surface area (Å²) in [7, 11) is 1.86. The van der Waals surface area contributed by atoms with Crippen LogP contribution in [0.25, 0.3) is 21.1 Å². The number of hydrogen-bond donors (Lipinski definition) is 2. The molecule has 2 atom stereocenters. The number of benzene rings is 2. The minimum atomic E-state index is -0.847. The molecule has 5 aromatic rings. The summed E-state index contributed by atoms with van der Waals surface area (Å²) in [5, 5.41) is 31.8. The van der Waals surface area contributed by atoms with E-state index in [0.29, 0.717) is 19.0 Å². The Morgan fingerprint density at radius 1 is 1.20 bits per heavy atom. The molecule has 0 spiro atoms. The van der Waals surface area contributed by atoms with Gasteiger partial charge in [0.25, 0.3) is 0 Å². The van der Waals surface area contributed by atoms with Crippen LogP contribution in [0.4, 0.5) is 0 Å². The number of carboxylic acids is 1. The number of ether oxygens (including phenoxy) is 1. The van der Waals surface area contributed by atoms with E-state index in [1.807, 2.05) is 32.2 Å². The lowest BCUT2D eigenvalue weighted by molar-refractivity contribution is -0.137. The van der Waals surface area contributed by atoms with Crippen LogP contribution in [-0.4, -0.2) is 53.7 Å². The lowest BCUT2D eigenvalue weighted by atomic mass is 9.84. The maximum atomic E-state index is 12.2. The molecule has 1 aliphatic heterocycles. The van der Waals surface area contributed by atoms with Gasteiger partial charge in [0.15, 0.2) is 0 Å². The Kier molecular flexibility index (Phi) is 6.39. The number of pyridine rings is 1. The Morgan fingerprint density at radius 2 is 2.05 bits per heavy atom. The Balaban J connectivity index is 1.29. The highest BCUT2D eigenvalue weighted by molar-refractivity contribution is 7.17. The normalized spacial score (nSPS) is 18.2. The summed E-state index contributed by atoms with van der Waals surface area (Å²) in [5.74, 6) is 0.0812. The molecule has 9 nitrogen and oxygen atoms in total. The van der Waals surface area contributed by atoms with Crippen LogP contribution in [0.2, 0.25) is 0 Å². The molecule has 4 heterocycles. The molecule has 0 saturated heterocycles. The Labute approximate surface area is 241 Å². The third kappa shape index (κ3) is 4.91. The van der Waals surface area contributed by atoms with E-state index in [2.05, 4.69) is 43.8 Å². The van der Waals surface area contributed by atoms with Gasteiger partial charge < -0.3 is 14.9 Å². The number of fused-ring (bicyclic) bond motifs is 3. The van der Waals surface area contributed by atoms with Crippen LogP contribution in [-0.2, 0) is 24.9 Å². The fourth-order valence-corrected chi connectivity index (χ4v) is 7.10. The molecule has 0 radical (unpaired) electrons. The number of aliphatic carboxylic acids is 1. The van der Waals surface area contributed by atoms with Crippen LogP contribution in [0, 0.1) is 12.8 Å². The molecule has 10 heteroatoms. The van der Waals surface area contributed by atoms with Gasteiger partial charge in [-0.25, -0.2) is 9.67 Å². The average molecular weight is 570 g/mol. The number of carboxylic acid groups (broad SMARTS) is 1. The molecule has 1 aliphatic carbocycles. The summed E-state index contributed by atoms with van der Waals surface area (Å²) in [6, 6.07) is 13.8. The van der Waals surface area contributed by atoms with Crippen LogP contribution in [0.1, 0.15) is 53.1 Å². The number of aromatic hydroxyl groups is 1. The van der Waals surface area contributed by atoms with Gasteiger partial charge in [-0.2, -0.15) is 0 Å². The second kappa shape index (κ2) is 10.1. The van der Waals surface area contributed by atoms with Gasteiger partial charge in [-0.05, 0) is 83.0 Å². The number of rotatable bonds is 7. The molecule has 1 fully saturated rings. The highest BCUT2D eigenvalue weighted by atomic mass is 32.1. The molecule has 7 rings (SSSR count). The summed E-state index contributed by atoms with van der Waals surface area (Å²) >= 11 is 1.70. The predicted octanol–water partition coefficient (Wildman–Crippen LogP) is 5.37. The molecule has 0 amide bonds. The van der Waals surface area contributed by atoms with E-state index in [4.69, 9.17) is 4.74 Å². The maximum Gasteiger partial charge on any atom is 0.304 e. The van der Waals surface area contributed by atoms with Gasteiger partial charge in [0.1, 0.15) is 23.1 Å². The van der Waals surface area contributed by atoms with Gasteiger partial charge in [-0.3, -0.25) is 9.69 Å². The van der Waals surface area contributed by atoms with Gasteiger partial charge in [0.2, 0.25) is 5.88 Å². The molecule has 2 aromatic carbocycles. The average Bonchev–Trinajstić information content (AvgIpc) is 3.60. The molecular weight excluding hydrogens is 538 g/mol. The lowest BCUT2D eigenvalue weighted by Crippen LogP contribution is -2.34. The van der Waals surface area contributed by atoms with Crippen molar-refractivity contribution in [2.45, 2.75) is 51.3 Å². The topological polar surface area (TPSA) is 114 Å². The van der Waals surface area contributed by atoms with Crippen molar-refractivity contribution in [1.29, 1.82) is 0 Å². The molecule has 3 aromatic heterocycles. The van der Waals surface area contributed by atoms with Crippen molar-refractivity contribution < 1.29 is 19.7 Å². The summed E-state index contributed by atoms with van der Waals surface area (Å²) in [5.41, 5.74) is 6.48. The van der Waals surface area contributed by atoms with Crippen molar-refractivity contribution in [1.82, 2.24) is 24.9 Å². The number of carbonyl (C=O) groups is 1. The molecule has 210 valence electrons. The zero-order chi connectivity index (χ0) is 28.2. The van der Waals surface area contributed by atoms with Crippen molar-refractivity contribution in [3.05, 3.63) is 75.8 Å². The number of aryl methyl sites for hydroxylation is 2. The first kappa shape index (κ1) is 25.9. The van der Waals surface area contributed by atoms with E-state index in [1.54, 1.807) is 22.1 Å².